The molecule has 0 saturated heterocycles. The average molecular weight is 301 g/mol. The molecule has 0 radical (unpaired) electrons. The molecular weight excluding hydrogens is 293 g/mol. The Morgan fingerprint density at radius 2 is 2.14 bits per heavy atom. The highest BCUT2D eigenvalue weighted by Crippen LogP contribution is 2.18. The summed E-state index contributed by atoms with van der Waals surface area (Å²) < 4.78 is 1.09. The molecule has 2 rings (SSSR count). The summed E-state index contributed by atoms with van der Waals surface area (Å²) in [5.74, 6) is 0. The molecule has 72 valence electrons. The lowest BCUT2D eigenvalue weighted by Crippen LogP contribution is -1.93. The van der Waals surface area contributed by atoms with Gasteiger partial charge in [-0.25, -0.2) is 0 Å². The van der Waals surface area contributed by atoms with E-state index < -0.39 is 0 Å². The summed E-state index contributed by atoms with van der Waals surface area (Å²) in [7, 11) is 0. The van der Waals surface area contributed by atoms with Gasteiger partial charge in [0.1, 0.15) is 0 Å². The SMILES string of the molecule is Cc1ncc(-c2cc(=O)[nH][nH]2)cc1I. The van der Waals surface area contributed by atoms with Gasteiger partial charge < -0.3 is 0 Å². The first kappa shape index (κ1) is 9.45. The predicted octanol–water partition coefficient (Wildman–Crippen LogP) is 1.68. The van der Waals surface area contributed by atoms with Crippen LogP contribution in [0.15, 0.2) is 23.1 Å². The van der Waals surface area contributed by atoms with Crippen LogP contribution in [0.1, 0.15) is 5.69 Å². The highest BCUT2D eigenvalue weighted by molar-refractivity contribution is 14.1. The molecule has 0 bridgehead atoms. The number of aromatic amines is 2. The summed E-state index contributed by atoms with van der Waals surface area (Å²) in [5, 5.41) is 5.28. The van der Waals surface area contributed by atoms with Crippen molar-refractivity contribution in [3.05, 3.63) is 37.9 Å². The summed E-state index contributed by atoms with van der Waals surface area (Å²) >= 11 is 2.22. The molecular formula is C9H8IN3O. The van der Waals surface area contributed by atoms with E-state index in [4.69, 9.17) is 0 Å². The zero-order valence-electron chi connectivity index (χ0n) is 7.47. The van der Waals surface area contributed by atoms with Crippen LogP contribution in [-0.4, -0.2) is 15.2 Å². The molecule has 2 aromatic heterocycles. The van der Waals surface area contributed by atoms with E-state index in [1.165, 1.54) is 6.07 Å². The number of aryl methyl sites for hydroxylation is 1. The first-order chi connectivity index (χ1) is 6.66. The maximum Gasteiger partial charge on any atom is 0.264 e. The molecule has 0 aliphatic carbocycles. The number of pyridine rings is 1. The van der Waals surface area contributed by atoms with E-state index in [0.29, 0.717) is 0 Å². The predicted molar refractivity (Wildman–Crippen MR) is 62.1 cm³/mol. The van der Waals surface area contributed by atoms with Crippen molar-refractivity contribution in [2.45, 2.75) is 6.92 Å². The molecule has 2 N–H and O–H groups in total. The fourth-order valence-corrected chi connectivity index (χ4v) is 1.62. The van der Waals surface area contributed by atoms with E-state index in [1.807, 2.05) is 13.0 Å². The summed E-state index contributed by atoms with van der Waals surface area (Å²) in [6.07, 6.45) is 1.75. The summed E-state index contributed by atoms with van der Waals surface area (Å²) in [6.45, 7) is 1.95. The maximum atomic E-state index is 10.9. The molecule has 0 unspecified atom stereocenters. The smallest absolute Gasteiger partial charge is 0.264 e. The van der Waals surface area contributed by atoms with Gasteiger partial charge in [0, 0.05) is 21.4 Å². The molecule has 0 fully saturated rings. The molecule has 0 spiro atoms. The molecule has 0 saturated carbocycles. The van der Waals surface area contributed by atoms with E-state index in [9.17, 15) is 4.79 Å². The van der Waals surface area contributed by atoms with Crippen LogP contribution in [0.25, 0.3) is 11.3 Å². The zero-order chi connectivity index (χ0) is 10.1. The Hall–Kier alpha value is -1.11. The highest BCUT2D eigenvalue weighted by Gasteiger charge is 2.03. The maximum absolute atomic E-state index is 10.9. The van der Waals surface area contributed by atoms with Gasteiger partial charge in [-0.1, -0.05) is 0 Å². The van der Waals surface area contributed by atoms with Crippen LogP contribution < -0.4 is 5.56 Å². The Bertz CT molecular complexity index is 515. The molecule has 0 atom stereocenters. The van der Waals surface area contributed by atoms with Crippen molar-refractivity contribution < 1.29 is 0 Å². The summed E-state index contributed by atoms with van der Waals surface area (Å²) in [4.78, 5) is 15.1. The number of hydrogen-bond acceptors (Lipinski definition) is 2. The fourth-order valence-electron chi connectivity index (χ4n) is 1.14. The second kappa shape index (κ2) is 3.56. The second-order valence-electron chi connectivity index (χ2n) is 2.96. The zero-order valence-corrected chi connectivity index (χ0v) is 9.62. The minimum Gasteiger partial charge on any atom is -0.297 e. The summed E-state index contributed by atoms with van der Waals surface area (Å²) in [5.41, 5.74) is 2.54. The minimum atomic E-state index is -0.129. The van der Waals surface area contributed by atoms with Crippen molar-refractivity contribution >= 4 is 22.6 Å². The van der Waals surface area contributed by atoms with Crippen molar-refractivity contribution in [2.75, 3.05) is 0 Å². The standard InChI is InChI=1S/C9H8IN3O/c1-5-7(10)2-6(4-11-5)8-3-9(14)13-12-8/h2-4H,1H3,(H2,12,13,14). The normalized spacial score (nSPS) is 10.4. The molecule has 0 aliphatic rings. The van der Waals surface area contributed by atoms with Crippen LogP contribution in [0.4, 0.5) is 0 Å². The van der Waals surface area contributed by atoms with Gasteiger partial charge in [-0.2, -0.15) is 0 Å². The molecule has 2 aromatic rings. The number of nitrogens with zero attached hydrogens (tertiary/aromatic N) is 1. The average Bonchev–Trinajstić information content (AvgIpc) is 2.57. The van der Waals surface area contributed by atoms with Crippen molar-refractivity contribution in [1.29, 1.82) is 0 Å². The van der Waals surface area contributed by atoms with Crippen molar-refractivity contribution in [2.24, 2.45) is 0 Å². The Labute approximate surface area is 93.9 Å². The number of aromatic nitrogens is 3. The van der Waals surface area contributed by atoms with E-state index in [2.05, 4.69) is 37.8 Å². The van der Waals surface area contributed by atoms with Crippen LogP contribution >= 0.6 is 22.6 Å². The van der Waals surface area contributed by atoms with Gasteiger partial charge in [0.05, 0.1) is 11.4 Å². The van der Waals surface area contributed by atoms with Crippen LogP contribution in [0.2, 0.25) is 0 Å². The van der Waals surface area contributed by atoms with Gasteiger partial charge in [-0.15, -0.1) is 0 Å². The van der Waals surface area contributed by atoms with Gasteiger partial charge in [0.2, 0.25) is 0 Å². The number of H-pyrrole nitrogens is 2. The minimum absolute atomic E-state index is 0.129. The number of nitrogens with one attached hydrogen (secondary N) is 2. The first-order valence-electron chi connectivity index (χ1n) is 4.07. The third-order valence-corrected chi connectivity index (χ3v) is 3.02. The number of rotatable bonds is 1. The monoisotopic (exact) mass is 301 g/mol. The Morgan fingerprint density at radius 1 is 1.36 bits per heavy atom. The highest BCUT2D eigenvalue weighted by atomic mass is 127. The number of halogens is 1. The Morgan fingerprint density at radius 3 is 2.71 bits per heavy atom. The van der Waals surface area contributed by atoms with Gasteiger partial charge in [0.15, 0.2) is 0 Å². The van der Waals surface area contributed by atoms with Crippen LogP contribution in [0.3, 0.4) is 0 Å². The van der Waals surface area contributed by atoms with E-state index in [0.717, 1.165) is 20.5 Å². The third-order valence-electron chi connectivity index (χ3n) is 1.93. The lowest BCUT2D eigenvalue weighted by molar-refractivity contribution is 1.06. The summed E-state index contributed by atoms with van der Waals surface area (Å²) in [6, 6.07) is 3.50. The Kier molecular flexibility index (Phi) is 2.40. The first-order valence-corrected chi connectivity index (χ1v) is 5.15. The Balaban J connectivity index is 2.52. The van der Waals surface area contributed by atoms with Crippen molar-refractivity contribution in [1.82, 2.24) is 15.2 Å². The molecule has 0 aliphatic heterocycles. The van der Waals surface area contributed by atoms with Crippen LogP contribution in [0.5, 0.6) is 0 Å². The third kappa shape index (κ3) is 1.72. The molecule has 4 nitrogen and oxygen atoms in total. The quantitative estimate of drug-likeness (QED) is 0.787. The van der Waals surface area contributed by atoms with Crippen molar-refractivity contribution in [3.63, 3.8) is 0 Å². The van der Waals surface area contributed by atoms with E-state index in [-0.39, 0.29) is 5.56 Å². The van der Waals surface area contributed by atoms with Crippen molar-refractivity contribution in [3.8, 4) is 11.3 Å². The fraction of sp³-hybridized carbons (Fsp3) is 0.111. The molecule has 14 heavy (non-hydrogen) atoms. The van der Waals surface area contributed by atoms with E-state index in [1.54, 1.807) is 6.20 Å². The molecule has 0 amide bonds. The van der Waals surface area contributed by atoms with E-state index >= 15 is 0 Å². The van der Waals surface area contributed by atoms with Crippen LogP contribution in [0, 0.1) is 10.5 Å². The molecule has 0 aromatic carbocycles. The van der Waals surface area contributed by atoms with Gasteiger partial charge in [0.25, 0.3) is 5.56 Å². The lowest BCUT2D eigenvalue weighted by atomic mass is 10.2. The largest absolute Gasteiger partial charge is 0.297 e. The second-order valence-corrected chi connectivity index (χ2v) is 4.13. The topological polar surface area (TPSA) is 61.5 Å². The molecule has 2 heterocycles. The van der Waals surface area contributed by atoms with Gasteiger partial charge in [-0.05, 0) is 35.6 Å². The van der Waals surface area contributed by atoms with Crippen LogP contribution in [-0.2, 0) is 0 Å². The van der Waals surface area contributed by atoms with Gasteiger partial charge in [-0.3, -0.25) is 20.0 Å². The number of hydrogen-bond donors (Lipinski definition) is 2. The lowest BCUT2D eigenvalue weighted by Gasteiger charge is -2.00. The molecule has 5 heteroatoms. The van der Waals surface area contributed by atoms with Gasteiger partial charge >= 0.3 is 0 Å².